The van der Waals surface area contributed by atoms with Crippen LogP contribution >= 0.6 is 15.9 Å². The van der Waals surface area contributed by atoms with Crippen LogP contribution in [0, 0.1) is 0 Å². The molecule has 0 amide bonds. The molecule has 0 spiro atoms. The highest BCUT2D eigenvalue weighted by Crippen LogP contribution is 2.09. The first-order chi connectivity index (χ1) is 4.66. The van der Waals surface area contributed by atoms with Gasteiger partial charge in [-0.3, -0.25) is 4.79 Å². The van der Waals surface area contributed by atoms with Crippen LogP contribution in [0.25, 0.3) is 0 Å². The summed E-state index contributed by atoms with van der Waals surface area (Å²) < 4.78 is 5.53. The summed E-state index contributed by atoms with van der Waals surface area (Å²) in [6.45, 7) is 5.84. The third kappa shape index (κ3) is 5.82. The number of ether oxygens (including phenoxy) is 1. The van der Waals surface area contributed by atoms with Crippen molar-refractivity contribution in [3.63, 3.8) is 0 Å². The number of hydrogen-bond acceptors (Lipinski definition) is 2. The summed E-state index contributed by atoms with van der Waals surface area (Å²) in [7, 11) is 0. The fourth-order valence-corrected chi connectivity index (χ4v) is 0.669. The average Bonchev–Trinajstić information content (AvgIpc) is 1.85. The molecule has 0 atom stereocenters. The van der Waals surface area contributed by atoms with Crippen molar-refractivity contribution in [2.24, 2.45) is 0 Å². The molecule has 0 bridgehead atoms. The molecule has 0 saturated carbocycles. The maximum absolute atomic E-state index is 10.7. The molecular formula is C7H11BrO2. The minimum atomic E-state index is -0.164. The first-order valence-corrected chi connectivity index (χ1v) is 3.95. The number of esters is 1. The van der Waals surface area contributed by atoms with Gasteiger partial charge in [-0.15, -0.1) is 0 Å². The van der Waals surface area contributed by atoms with E-state index in [0.717, 1.165) is 4.48 Å². The molecule has 0 aromatic heterocycles. The number of halogens is 1. The topological polar surface area (TPSA) is 26.3 Å². The minimum Gasteiger partial charge on any atom is -0.466 e. The van der Waals surface area contributed by atoms with Crippen molar-refractivity contribution in [1.29, 1.82) is 0 Å². The lowest BCUT2D eigenvalue weighted by Gasteiger charge is -1.98. The lowest BCUT2D eigenvalue weighted by molar-refractivity contribution is -0.143. The van der Waals surface area contributed by atoms with Crippen molar-refractivity contribution < 1.29 is 9.53 Å². The van der Waals surface area contributed by atoms with E-state index in [1.165, 1.54) is 0 Å². The van der Waals surface area contributed by atoms with Gasteiger partial charge in [-0.2, -0.15) is 0 Å². The second-order valence-corrected chi connectivity index (χ2v) is 2.94. The molecular weight excluding hydrogens is 196 g/mol. The molecule has 0 aliphatic heterocycles. The molecule has 0 aliphatic rings. The van der Waals surface area contributed by atoms with Crippen LogP contribution in [-0.4, -0.2) is 12.6 Å². The van der Waals surface area contributed by atoms with Crippen molar-refractivity contribution in [3.05, 3.63) is 11.1 Å². The summed E-state index contributed by atoms with van der Waals surface area (Å²) in [5.41, 5.74) is 0. The zero-order valence-electron chi connectivity index (χ0n) is 6.02. The molecule has 10 heavy (non-hydrogen) atoms. The van der Waals surface area contributed by atoms with Crippen molar-refractivity contribution in [2.75, 3.05) is 6.61 Å². The summed E-state index contributed by atoms with van der Waals surface area (Å²) in [6, 6.07) is 0. The van der Waals surface area contributed by atoms with E-state index in [1.807, 2.05) is 0 Å². The summed E-state index contributed by atoms with van der Waals surface area (Å²) in [6.07, 6.45) is 1.07. The van der Waals surface area contributed by atoms with Gasteiger partial charge in [0.05, 0.1) is 13.0 Å². The maximum Gasteiger partial charge on any atom is 0.306 e. The molecule has 3 heteroatoms. The summed E-state index contributed by atoms with van der Waals surface area (Å²) in [5, 5.41) is 0. The number of carbonyl (C=O) groups excluding carboxylic acids is 1. The van der Waals surface area contributed by atoms with E-state index in [9.17, 15) is 4.79 Å². The van der Waals surface area contributed by atoms with Crippen molar-refractivity contribution in [2.45, 2.75) is 19.8 Å². The van der Waals surface area contributed by atoms with Crippen LogP contribution in [0.2, 0.25) is 0 Å². The minimum absolute atomic E-state index is 0.164. The van der Waals surface area contributed by atoms with Gasteiger partial charge in [0.1, 0.15) is 0 Å². The number of rotatable bonds is 4. The van der Waals surface area contributed by atoms with E-state index in [0.29, 0.717) is 19.4 Å². The molecule has 0 radical (unpaired) electrons. The molecule has 0 aromatic carbocycles. The Morgan fingerprint density at radius 3 is 2.60 bits per heavy atom. The van der Waals surface area contributed by atoms with Crippen LogP contribution in [0.5, 0.6) is 0 Å². The third-order valence-corrected chi connectivity index (χ3v) is 1.30. The Morgan fingerprint density at radius 1 is 1.60 bits per heavy atom. The first kappa shape index (κ1) is 9.69. The van der Waals surface area contributed by atoms with E-state index < -0.39 is 0 Å². The van der Waals surface area contributed by atoms with Gasteiger partial charge < -0.3 is 4.74 Å². The van der Waals surface area contributed by atoms with Gasteiger partial charge >= 0.3 is 5.97 Å². The van der Waals surface area contributed by atoms with Gasteiger partial charge in [0.15, 0.2) is 0 Å². The number of allylic oxidation sites excluding steroid dienone is 1. The van der Waals surface area contributed by atoms with Gasteiger partial charge in [0.25, 0.3) is 0 Å². The molecule has 0 N–H and O–H groups in total. The predicted octanol–water partition coefficient (Wildman–Crippen LogP) is 2.24. The summed E-state index contributed by atoms with van der Waals surface area (Å²) >= 11 is 3.15. The Kier molecular flexibility index (Phi) is 5.30. The van der Waals surface area contributed by atoms with Gasteiger partial charge in [0.2, 0.25) is 0 Å². The second kappa shape index (κ2) is 5.47. The van der Waals surface area contributed by atoms with Crippen molar-refractivity contribution >= 4 is 21.9 Å². The molecule has 0 aromatic rings. The Labute approximate surface area is 69.4 Å². The largest absolute Gasteiger partial charge is 0.466 e. The zero-order valence-corrected chi connectivity index (χ0v) is 7.61. The van der Waals surface area contributed by atoms with Crippen molar-refractivity contribution in [1.82, 2.24) is 0 Å². The lowest BCUT2D eigenvalue weighted by Crippen LogP contribution is -2.02. The third-order valence-electron chi connectivity index (χ3n) is 0.906. The number of carbonyl (C=O) groups is 1. The fraction of sp³-hybridized carbons (Fsp3) is 0.571. The highest BCUT2D eigenvalue weighted by atomic mass is 79.9. The quantitative estimate of drug-likeness (QED) is 0.660. The molecule has 0 fully saturated rings. The van der Waals surface area contributed by atoms with Crippen LogP contribution in [0.1, 0.15) is 19.8 Å². The molecule has 0 rings (SSSR count). The Bertz CT molecular complexity index is 132. The fourth-order valence-electron chi connectivity index (χ4n) is 0.471. The van der Waals surface area contributed by atoms with Crippen molar-refractivity contribution in [3.8, 4) is 0 Å². The van der Waals surface area contributed by atoms with E-state index in [4.69, 9.17) is 4.74 Å². The highest BCUT2D eigenvalue weighted by Gasteiger charge is 2.00. The standard InChI is InChI=1S/C7H11BrO2/c1-3-10-7(9)5-4-6(2)8/h2-5H2,1H3. The molecule has 2 nitrogen and oxygen atoms in total. The van der Waals surface area contributed by atoms with Crippen LogP contribution in [0.3, 0.4) is 0 Å². The molecule has 0 heterocycles. The van der Waals surface area contributed by atoms with E-state index in [2.05, 4.69) is 22.5 Å². The second-order valence-electron chi connectivity index (χ2n) is 1.82. The summed E-state index contributed by atoms with van der Waals surface area (Å²) in [5.74, 6) is -0.164. The maximum atomic E-state index is 10.7. The van der Waals surface area contributed by atoms with Crippen LogP contribution in [0.15, 0.2) is 11.1 Å². The average molecular weight is 207 g/mol. The van der Waals surface area contributed by atoms with E-state index in [-0.39, 0.29) is 5.97 Å². The van der Waals surface area contributed by atoms with Crippen LogP contribution in [-0.2, 0) is 9.53 Å². The van der Waals surface area contributed by atoms with Crippen LogP contribution in [0.4, 0.5) is 0 Å². The van der Waals surface area contributed by atoms with E-state index >= 15 is 0 Å². The van der Waals surface area contributed by atoms with Gasteiger partial charge in [0, 0.05) is 0 Å². The molecule has 0 saturated heterocycles. The molecule has 0 aliphatic carbocycles. The van der Waals surface area contributed by atoms with Gasteiger partial charge in [-0.25, -0.2) is 0 Å². The molecule has 58 valence electrons. The highest BCUT2D eigenvalue weighted by molar-refractivity contribution is 9.11. The van der Waals surface area contributed by atoms with Gasteiger partial charge in [-0.1, -0.05) is 22.5 Å². The molecule has 0 unspecified atom stereocenters. The van der Waals surface area contributed by atoms with Gasteiger partial charge in [-0.05, 0) is 17.8 Å². The predicted molar refractivity (Wildman–Crippen MR) is 43.9 cm³/mol. The zero-order chi connectivity index (χ0) is 7.98. The lowest BCUT2D eigenvalue weighted by atomic mass is 10.3. The number of hydrogen-bond donors (Lipinski definition) is 0. The Morgan fingerprint density at radius 2 is 2.20 bits per heavy atom. The Hall–Kier alpha value is -0.310. The Balaban J connectivity index is 3.30. The van der Waals surface area contributed by atoms with Crippen LogP contribution < -0.4 is 0 Å². The normalized spacial score (nSPS) is 9.00. The van der Waals surface area contributed by atoms with E-state index in [1.54, 1.807) is 6.92 Å². The SMILES string of the molecule is C=C(Br)CCC(=O)OCC. The first-order valence-electron chi connectivity index (χ1n) is 3.15. The summed E-state index contributed by atoms with van der Waals surface area (Å²) in [4.78, 5) is 10.7. The smallest absolute Gasteiger partial charge is 0.306 e. The monoisotopic (exact) mass is 206 g/mol.